The summed E-state index contributed by atoms with van der Waals surface area (Å²) in [6.45, 7) is 1.74. The highest BCUT2D eigenvalue weighted by atomic mass is 16.4. The molecule has 0 atom stereocenters. The number of oxime groups is 1. The fraction of sp³-hybridized carbons (Fsp3) is 0.286. The third-order valence-electron chi connectivity index (χ3n) is 1.18. The van der Waals surface area contributed by atoms with Crippen LogP contribution in [-0.4, -0.2) is 10.9 Å². The van der Waals surface area contributed by atoms with Gasteiger partial charge in [0, 0.05) is 6.42 Å². The zero-order valence-electron chi connectivity index (χ0n) is 5.74. The van der Waals surface area contributed by atoms with Crippen LogP contribution >= 0.6 is 0 Å². The summed E-state index contributed by atoms with van der Waals surface area (Å²) < 4.78 is 5.01. The molecule has 0 aliphatic heterocycles. The predicted octanol–water partition coefficient (Wildman–Crippen LogP) is 1.67. The molecule has 0 fully saturated rings. The Morgan fingerprint density at radius 2 is 2.60 bits per heavy atom. The fourth-order valence-electron chi connectivity index (χ4n) is 0.701. The van der Waals surface area contributed by atoms with E-state index in [2.05, 4.69) is 5.16 Å². The minimum absolute atomic E-state index is 0.573. The van der Waals surface area contributed by atoms with Crippen molar-refractivity contribution in [3.8, 4) is 0 Å². The lowest BCUT2D eigenvalue weighted by Gasteiger charge is -1.91. The van der Waals surface area contributed by atoms with Gasteiger partial charge in [0.15, 0.2) is 0 Å². The van der Waals surface area contributed by atoms with Gasteiger partial charge in [-0.3, -0.25) is 0 Å². The smallest absolute Gasteiger partial charge is 0.109 e. The van der Waals surface area contributed by atoms with Crippen molar-refractivity contribution in [1.29, 1.82) is 0 Å². The molecule has 1 rings (SSSR count). The van der Waals surface area contributed by atoms with Crippen LogP contribution in [0, 0.1) is 0 Å². The molecule has 10 heavy (non-hydrogen) atoms. The lowest BCUT2D eigenvalue weighted by molar-refractivity contribution is 0.317. The van der Waals surface area contributed by atoms with Gasteiger partial charge in [0.05, 0.1) is 12.0 Å². The summed E-state index contributed by atoms with van der Waals surface area (Å²) in [4.78, 5) is 0. The van der Waals surface area contributed by atoms with Gasteiger partial charge < -0.3 is 9.62 Å². The number of hydrogen-bond acceptors (Lipinski definition) is 3. The van der Waals surface area contributed by atoms with E-state index in [1.807, 2.05) is 6.07 Å². The molecule has 0 saturated carbocycles. The molecule has 0 aliphatic carbocycles. The lowest BCUT2D eigenvalue weighted by atomic mass is 10.2. The maximum atomic E-state index is 8.28. The van der Waals surface area contributed by atoms with Crippen LogP contribution in [0.15, 0.2) is 28.0 Å². The topological polar surface area (TPSA) is 45.7 Å². The average Bonchev–Trinajstić information content (AvgIpc) is 2.40. The number of rotatable bonds is 2. The predicted molar refractivity (Wildman–Crippen MR) is 37.3 cm³/mol. The van der Waals surface area contributed by atoms with E-state index in [1.165, 1.54) is 0 Å². The quantitative estimate of drug-likeness (QED) is 0.385. The molecular weight excluding hydrogens is 130 g/mol. The minimum atomic E-state index is 0.573. The standard InChI is InChI=1S/C7H9NO2/c1-6(8-9)5-7-3-2-4-10-7/h2-4,9H,5H2,1H3/b8-6+. The maximum Gasteiger partial charge on any atom is 0.109 e. The van der Waals surface area contributed by atoms with Crippen molar-refractivity contribution in [3.05, 3.63) is 24.2 Å². The normalized spacial score (nSPS) is 11.9. The molecule has 0 unspecified atom stereocenters. The van der Waals surface area contributed by atoms with Gasteiger partial charge in [-0.05, 0) is 19.1 Å². The molecule has 1 aromatic heterocycles. The average molecular weight is 139 g/mol. The molecule has 1 aromatic rings. The van der Waals surface area contributed by atoms with Gasteiger partial charge in [-0.2, -0.15) is 0 Å². The van der Waals surface area contributed by atoms with Crippen LogP contribution in [0.4, 0.5) is 0 Å². The van der Waals surface area contributed by atoms with E-state index >= 15 is 0 Å². The third-order valence-corrected chi connectivity index (χ3v) is 1.18. The first-order chi connectivity index (χ1) is 4.83. The van der Waals surface area contributed by atoms with Crippen LogP contribution in [0.5, 0.6) is 0 Å². The van der Waals surface area contributed by atoms with Gasteiger partial charge in [-0.15, -0.1) is 0 Å². The van der Waals surface area contributed by atoms with Gasteiger partial charge in [0.1, 0.15) is 5.76 Å². The highest BCUT2D eigenvalue weighted by Gasteiger charge is 1.96. The van der Waals surface area contributed by atoms with Gasteiger partial charge >= 0.3 is 0 Å². The van der Waals surface area contributed by atoms with Gasteiger partial charge in [-0.1, -0.05) is 5.16 Å². The molecule has 0 spiro atoms. The summed E-state index contributed by atoms with van der Waals surface area (Å²) in [5.41, 5.74) is 0.648. The van der Waals surface area contributed by atoms with Gasteiger partial charge in [-0.25, -0.2) is 0 Å². The van der Waals surface area contributed by atoms with Gasteiger partial charge in [0.2, 0.25) is 0 Å². The monoisotopic (exact) mass is 139 g/mol. The first-order valence-electron chi connectivity index (χ1n) is 3.03. The third kappa shape index (κ3) is 1.62. The Kier molecular flexibility index (Phi) is 2.10. The molecule has 54 valence electrons. The molecule has 0 amide bonds. The van der Waals surface area contributed by atoms with Crippen LogP contribution in [-0.2, 0) is 6.42 Å². The first-order valence-corrected chi connectivity index (χ1v) is 3.03. The van der Waals surface area contributed by atoms with Crippen molar-refractivity contribution in [3.63, 3.8) is 0 Å². The molecule has 0 radical (unpaired) electrons. The summed E-state index contributed by atoms with van der Waals surface area (Å²) >= 11 is 0. The summed E-state index contributed by atoms with van der Waals surface area (Å²) in [6.07, 6.45) is 2.17. The summed E-state index contributed by atoms with van der Waals surface area (Å²) in [6, 6.07) is 3.65. The van der Waals surface area contributed by atoms with E-state index < -0.39 is 0 Å². The van der Waals surface area contributed by atoms with E-state index in [0.29, 0.717) is 12.1 Å². The van der Waals surface area contributed by atoms with Crippen LogP contribution in [0.1, 0.15) is 12.7 Å². The Bertz CT molecular complexity index is 214. The van der Waals surface area contributed by atoms with E-state index in [9.17, 15) is 0 Å². The Morgan fingerprint density at radius 1 is 1.80 bits per heavy atom. The number of furan rings is 1. The van der Waals surface area contributed by atoms with E-state index in [0.717, 1.165) is 5.76 Å². The van der Waals surface area contributed by atoms with Gasteiger partial charge in [0.25, 0.3) is 0 Å². The van der Waals surface area contributed by atoms with Crippen LogP contribution in [0.3, 0.4) is 0 Å². The van der Waals surface area contributed by atoms with Crippen LogP contribution < -0.4 is 0 Å². The van der Waals surface area contributed by atoms with E-state index in [1.54, 1.807) is 19.3 Å². The summed E-state index contributed by atoms with van der Waals surface area (Å²) in [5.74, 6) is 0.815. The molecule has 3 nitrogen and oxygen atoms in total. The molecule has 1 heterocycles. The van der Waals surface area contributed by atoms with Crippen molar-refractivity contribution in [2.24, 2.45) is 5.16 Å². The second-order valence-electron chi connectivity index (χ2n) is 2.09. The van der Waals surface area contributed by atoms with E-state index in [-0.39, 0.29) is 0 Å². The number of hydrogen-bond donors (Lipinski definition) is 1. The minimum Gasteiger partial charge on any atom is -0.469 e. The Balaban J connectivity index is 2.56. The number of nitrogens with zero attached hydrogens (tertiary/aromatic N) is 1. The Labute approximate surface area is 59.0 Å². The lowest BCUT2D eigenvalue weighted by Crippen LogP contribution is -1.94. The largest absolute Gasteiger partial charge is 0.469 e. The molecule has 0 bridgehead atoms. The Morgan fingerprint density at radius 3 is 3.10 bits per heavy atom. The van der Waals surface area contributed by atoms with E-state index in [4.69, 9.17) is 9.62 Å². The van der Waals surface area contributed by atoms with Crippen LogP contribution in [0.2, 0.25) is 0 Å². The van der Waals surface area contributed by atoms with Crippen molar-refractivity contribution in [2.45, 2.75) is 13.3 Å². The van der Waals surface area contributed by atoms with Crippen LogP contribution in [0.25, 0.3) is 0 Å². The second-order valence-corrected chi connectivity index (χ2v) is 2.09. The molecule has 3 heteroatoms. The van der Waals surface area contributed by atoms with Crippen molar-refractivity contribution >= 4 is 5.71 Å². The fourth-order valence-corrected chi connectivity index (χ4v) is 0.701. The zero-order chi connectivity index (χ0) is 7.40. The van der Waals surface area contributed by atoms with Crippen molar-refractivity contribution in [2.75, 3.05) is 0 Å². The SMILES string of the molecule is C/C(Cc1ccco1)=N\O. The highest BCUT2D eigenvalue weighted by molar-refractivity contribution is 5.82. The van der Waals surface area contributed by atoms with Crippen molar-refractivity contribution < 1.29 is 9.62 Å². The van der Waals surface area contributed by atoms with Crippen molar-refractivity contribution in [1.82, 2.24) is 0 Å². The molecule has 0 saturated heterocycles. The highest BCUT2D eigenvalue weighted by Crippen LogP contribution is 2.01. The molecule has 0 aromatic carbocycles. The molecule has 0 aliphatic rings. The summed E-state index contributed by atoms with van der Waals surface area (Å²) in [7, 11) is 0. The zero-order valence-corrected chi connectivity index (χ0v) is 5.74. The second kappa shape index (κ2) is 3.06. The molecular formula is C7H9NO2. The maximum absolute atomic E-state index is 8.28. The Hall–Kier alpha value is -1.25. The summed E-state index contributed by atoms with van der Waals surface area (Å²) in [5, 5.41) is 11.3. The molecule has 1 N–H and O–H groups in total. The first kappa shape index (κ1) is 6.86.